The molecule has 0 aliphatic heterocycles. The molecular weight excluding hydrogens is 360 g/mol. The van der Waals surface area contributed by atoms with E-state index < -0.39 is 22.7 Å². The third-order valence-corrected chi connectivity index (χ3v) is 8.17. The van der Waals surface area contributed by atoms with Gasteiger partial charge < -0.3 is 11.1 Å². The van der Waals surface area contributed by atoms with E-state index in [9.17, 15) is 13.8 Å². The summed E-state index contributed by atoms with van der Waals surface area (Å²) < 4.78 is 12.4. The van der Waals surface area contributed by atoms with Crippen LogP contribution >= 0.6 is 0 Å². The van der Waals surface area contributed by atoms with Crippen LogP contribution in [0.5, 0.6) is 0 Å². The molecular formula is C21H28N2O3S. The SMILES string of the molecule is NC(=O)[C@@H](CC[S@](=O)c1ccccc1)NC(=O)C12CC3CC(CC(C3)C1)C2. The standard InChI is InChI=1S/C21H28N2O3S/c22-19(24)18(6-7-27(26)17-4-2-1-3-5-17)23-20(25)21-11-14-8-15(12-21)10-16(9-14)13-21/h1-5,14-16,18H,6-13H2,(H2,22,24)(H,23,25)/t14?,15?,16?,18-,21?,27+/m1/s1. The molecule has 0 radical (unpaired) electrons. The molecule has 0 saturated heterocycles. The molecule has 5 rings (SSSR count). The van der Waals surface area contributed by atoms with E-state index in [-0.39, 0.29) is 11.3 Å². The molecule has 4 aliphatic rings. The van der Waals surface area contributed by atoms with Gasteiger partial charge in [-0.15, -0.1) is 0 Å². The van der Waals surface area contributed by atoms with Gasteiger partial charge in [0.25, 0.3) is 0 Å². The highest BCUT2D eigenvalue weighted by Gasteiger charge is 2.54. The van der Waals surface area contributed by atoms with E-state index in [1.54, 1.807) is 0 Å². The molecule has 1 aromatic rings. The van der Waals surface area contributed by atoms with Crippen molar-refractivity contribution in [2.45, 2.75) is 55.9 Å². The van der Waals surface area contributed by atoms with Crippen LogP contribution in [0, 0.1) is 23.2 Å². The predicted octanol–water partition coefficient (Wildman–Crippen LogP) is 2.37. The molecule has 27 heavy (non-hydrogen) atoms. The summed E-state index contributed by atoms with van der Waals surface area (Å²) in [6.07, 6.45) is 6.95. The van der Waals surface area contributed by atoms with Gasteiger partial charge in [0.1, 0.15) is 6.04 Å². The van der Waals surface area contributed by atoms with Crippen LogP contribution in [0.15, 0.2) is 35.2 Å². The van der Waals surface area contributed by atoms with E-state index in [1.807, 2.05) is 30.3 Å². The van der Waals surface area contributed by atoms with Gasteiger partial charge in [-0.2, -0.15) is 0 Å². The molecule has 2 atom stereocenters. The van der Waals surface area contributed by atoms with Crippen molar-refractivity contribution in [1.82, 2.24) is 5.32 Å². The van der Waals surface area contributed by atoms with Crippen LogP contribution in [0.25, 0.3) is 0 Å². The van der Waals surface area contributed by atoms with Gasteiger partial charge in [0.15, 0.2) is 0 Å². The normalized spacial score (nSPS) is 33.4. The Morgan fingerprint density at radius 1 is 1.07 bits per heavy atom. The molecule has 0 spiro atoms. The van der Waals surface area contributed by atoms with Crippen molar-refractivity contribution in [2.24, 2.45) is 28.9 Å². The van der Waals surface area contributed by atoms with Gasteiger partial charge in [-0.1, -0.05) is 18.2 Å². The number of nitrogens with two attached hydrogens (primary N) is 1. The first-order valence-electron chi connectivity index (χ1n) is 9.99. The highest BCUT2D eigenvalue weighted by atomic mass is 32.2. The lowest BCUT2D eigenvalue weighted by Crippen LogP contribution is -2.57. The van der Waals surface area contributed by atoms with Crippen LogP contribution in [-0.4, -0.2) is 27.8 Å². The molecule has 3 N–H and O–H groups in total. The number of rotatable bonds is 7. The monoisotopic (exact) mass is 388 g/mol. The molecule has 146 valence electrons. The predicted molar refractivity (Wildman–Crippen MR) is 104 cm³/mol. The van der Waals surface area contributed by atoms with Gasteiger partial charge >= 0.3 is 0 Å². The topological polar surface area (TPSA) is 89.3 Å². The molecule has 6 heteroatoms. The minimum Gasteiger partial charge on any atom is -0.368 e. The Kier molecular flexibility index (Phi) is 5.10. The highest BCUT2D eigenvalue weighted by molar-refractivity contribution is 7.85. The van der Waals surface area contributed by atoms with E-state index in [4.69, 9.17) is 5.73 Å². The van der Waals surface area contributed by atoms with E-state index >= 15 is 0 Å². The lowest BCUT2D eigenvalue weighted by atomic mass is 9.49. The summed E-state index contributed by atoms with van der Waals surface area (Å²) in [5.74, 6) is 1.76. The average Bonchev–Trinajstić information content (AvgIpc) is 2.64. The van der Waals surface area contributed by atoms with Gasteiger partial charge in [0.2, 0.25) is 11.8 Å². The third-order valence-electron chi connectivity index (χ3n) is 6.77. The van der Waals surface area contributed by atoms with Crippen molar-refractivity contribution in [2.75, 3.05) is 5.75 Å². The van der Waals surface area contributed by atoms with Crippen LogP contribution in [0.2, 0.25) is 0 Å². The summed E-state index contributed by atoms with van der Waals surface area (Å²) >= 11 is 0. The number of nitrogens with one attached hydrogen (secondary N) is 1. The molecule has 5 nitrogen and oxygen atoms in total. The van der Waals surface area contributed by atoms with Crippen LogP contribution in [0.1, 0.15) is 44.9 Å². The van der Waals surface area contributed by atoms with E-state index in [1.165, 1.54) is 19.3 Å². The molecule has 0 heterocycles. The second-order valence-electron chi connectivity index (χ2n) is 8.78. The van der Waals surface area contributed by atoms with Gasteiger partial charge in [-0.05, 0) is 74.8 Å². The quantitative estimate of drug-likeness (QED) is 0.751. The van der Waals surface area contributed by atoms with Crippen molar-refractivity contribution < 1.29 is 13.8 Å². The van der Waals surface area contributed by atoms with Gasteiger partial charge in [0.05, 0.1) is 10.8 Å². The van der Waals surface area contributed by atoms with Gasteiger partial charge in [-0.25, -0.2) is 0 Å². The Morgan fingerprint density at radius 3 is 2.15 bits per heavy atom. The summed E-state index contributed by atoms with van der Waals surface area (Å²) in [6.45, 7) is 0. The fourth-order valence-electron chi connectivity index (χ4n) is 5.90. The Bertz CT molecular complexity index is 714. The molecule has 1 aromatic carbocycles. The van der Waals surface area contributed by atoms with E-state index in [2.05, 4.69) is 5.32 Å². The van der Waals surface area contributed by atoms with E-state index in [0.29, 0.717) is 29.9 Å². The molecule has 0 unspecified atom stereocenters. The zero-order chi connectivity index (χ0) is 19.0. The van der Waals surface area contributed by atoms with Crippen LogP contribution in [0.4, 0.5) is 0 Å². The Morgan fingerprint density at radius 2 is 1.63 bits per heavy atom. The zero-order valence-electron chi connectivity index (χ0n) is 15.6. The first-order valence-corrected chi connectivity index (χ1v) is 11.3. The number of primary amides is 1. The number of carbonyl (C=O) groups excluding carboxylic acids is 2. The molecule has 0 aromatic heterocycles. The summed E-state index contributed by atoms with van der Waals surface area (Å²) in [5.41, 5.74) is 5.24. The lowest BCUT2D eigenvalue weighted by Gasteiger charge is -2.55. The largest absolute Gasteiger partial charge is 0.368 e. The van der Waals surface area contributed by atoms with Crippen LogP contribution < -0.4 is 11.1 Å². The fraction of sp³-hybridized carbons (Fsp3) is 0.619. The molecule has 4 bridgehead atoms. The number of hydrogen-bond acceptors (Lipinski definition) is 3. The smallest absolute Gasteiger partial charge is 0.240 e. The molecule has 4 fully saturated rings. The number of hydrogen-bond donors (Lipinski definition) is 2. The molecule has 4 aliphatic carbocycles. The summed E-state index contributed by atoms with van der Waals surface area (Å²) in [6, 6.07) is 8.42. The van der Waals surface area contributed by atoms with Crippen molar-refractivity contribution in [1.29, 1.82) is 0 Å². The number of amides is 2. The average molecular weight is 389 g/mol. The Balaban J connectivity index is 1.39. The van der Waals surface area contributed by atoms with Crippen molar-refractivity contribution in [3.05, 3.63) is 30.3 Å². The third kappa shape index (κ3) is 3.82. The maximum Gasteiger partial charge on any atom is 0.240 e. The first-order chi connectivity index (χ1) is 12.9. The second kappa shape index (κ2) is 7.38. The number of benzene rings is 1. The van der Waals surface area contributed by atoms with Gasteiger partial charge in [0, 0.05) is 16.1 Å². The molecule has 2 amide bonds. The second-order valence-corrected chi connectivity index (χ2v) is 10.3. The van der Waals surface area contributed by atoms with Crippen molar-refractivity contribution in [3.63, 3.8) is 0 Å². The maximum atomic E-state index is 13.1. The van der Waals surface area contributed by atoms with Crippen molar-refractivity contribution in [3.8, 4) is 0 Å². The Hall–Kier alpha value is -1.69. The van der Waals surface area contributed by atoms with Crippen LogP contribution in [0.3, 0.4) is 0 Å². The van der Waals surface area contributed by atoms with Crippen molar-refractivity contribution >= 4 is 22.6 Å². The summed E-state index contributed by atoms with van der Waals surface area (Å²) in [4.78, 5) is 25.8. The maximum absolute atomic E-state index is 13.1. The Labute approximate surface area is 162 Å². The number of carbonyl (C=O) groups is 2. The summed E-state index contributed by atoms with van der Waals surface area (Å²) in [5, 5.41) is 2.93. The van der Waals surface area contributed by atoms with Gasteiger partial charge in [-0.3, -0.25) is 13.8 Å². The fourth-order valence-corrected chi connectivity index (χ4v) is 7.05. The minimum absolute atomic E-state index is 0.00380. The summed E-state index contributed by atoms with van der Waals surface area (Å²) in [7, 11) is -1.20. The lowest BCUT2D eigenvalue weighted by molar-refractivity contribution is -0.148. The van der Waals surface area contributed by atoms with E-state index in [0.717, 1.165) is 24.2 Å². The highest BCUT2D eigenvalue weighted by Crippen LogP contribution is 2.60. The zero-order valence-corrected chi connectivity index (χ0v) is 16.4. The van der Waals surface area contributed by atoms with Crippen LogP contribution in [-0.2, 0) is 20.4 Å². The first kappa shape index (κ1) is 18.7. The minimum atomic E-state index is -1.20. The molecule has 4 saturated carbocycles.